The molecule has 0 bridgehead atoms. The molecule has 0 atom stereocenters. The van der Waals surface area contributed by atoms with E-state index >= 15 is 0 Å². The highest BCUT2D eigenvalue weighted by atomic mass is 35.5. The Morgan fingerprint density at radius 2 is 1.75 bits per heavy atom. The molecule has 0 spiro atoms. The van der Waals surface area contributed by atoms with Crippen molar-refractivity contribution in [2.24, 2.45) is 0 Å². The summed E-state index contributed by atoms with van der Waals surface area (Å²) in [5.74, 6) is -1.99. The molecule has 1 aromatic heterocycles. The minimum Gasteiger partial charge on any atom is -0.545 e. The predicted molar refractivity (Wildman–Crippen MR) is 86.2 cm³/mol. The Balaban J connectivity index is 1.91. The molecule has 0 saturated carbocycles. The first-order valence-corrected chi connectivity index (χ1v) is 7.18. The van der Waals surface area contributed by atoms with Gasteiger partial charge in [-0.3, -0.25) is 4.79 Å². The molecule has 7 heteroatoms. The highest BCUT2D eigenvalue weighted by Gasteiger charge is 2.14. The van der Waals surface area contributed by atoms with Crippen molar-refractivity contribution in [1.29, 1.82) is 0 Å². The molecule has 1 N–H and O–H groups in total. The summed E-state index contributed by atoms with van der Waals surface area (Å²) in [7, 11) is 0. The lowest BCUT2D eigenvalue weighted by Crippen LogP contribution is -2.22. The first kappa shape index (κ1) is 15.8. The quantitative estimate of drug-likeness (QED) is 0.734. The second-order valence-corrected chi connectivity index (χ2v) is 5.39. The van der Waals surface area contributed by atoms with Crippen LogP contribution in [-0.2, 0) is 0 Å². The molecule has 2 aromatic carbocycles. The standard InChI is InChI=1S/C17H10ClNO5/c18-11-3-6-14-10(7-11)8-13(17(23)24-14)15(20)19-12-4-1-9(2-5-12)16(21)22/h1-8H,(H,19,20)(H,21,22)/p-1. The van der Waals surface area contributed by atoms with E-state index in [4.69, 9.17) is 16.0 Å². The Hall–Kier alpha value is -3.12. The van der Waals surface area contributed by atoms with Gasteiger partial charge in [0.05, 0.1) is 5.97 Å². The molecule has 24 heavy (non-hydrogen) atoms. The van der Waals surface area contributed by atoms with Crippen LogP contribution in [0.5, 0.6) is 0 Å². The molecule has 0 saturated heterocycles. The van der Waals surface area contributed by atoms with Crippen LogP contribution in [-0.4, -0.2) is 11.9 Å². The van der Waals surface area contributed by atoms with Crippen LogP contribution in [0.1, 0.15) is 20.7 Å². The van der Waals surface area contributed by atoms with E-state index in [1.54, 1.807) is 18.2 Å². The number of carboxylic acids is 1. The van der Waals surface area contributed by atoms with E-state index < -0.39 is 17.5 Å². The van der Waals surface area contributed by atoms with Crippen LogP contribution in [0.4, 0.5) is 5.69 Å². The Labute approximate surface area is 140 Å². The Morgan fingerprint density at radius 3 is 2.42 bits per heavy atom. The van der Waals surface area contributed by atoms with E-state index in [9.17, 15) is 19.5 Å². The number of carboxylic acid groups (broad SMARTS) is 1. The number of carbonyl (C=O) groups excluding carboxylic acids is 2. The van der Waals surface area contributed by atoms with Gasteiger partial charge in [-0.1, -0.05) is 23.7 Å². The minimum atomic E-state index is -1.32. The summed E-state index contributed by atoms with van der Waals surface area (Å²) < 4.78 is 5.10. The summed E-state index contributed by atoms with van der Waals surface area (Å²) >= 11 is 5.89. The fourth-order valence-corrected chi connectivity index (χ4v) is 2.32. The number of carbonyl (C=O) groups is 2. The largest absolute Gasteiger partial charge is 0.545 e. The monoisotopic (exact) mass is 342 g/mol. The van der Waals surface area contributed by atoms with Gasteiger partial charge >= 0.3 is 5.63 Å². The Morgan fingerprint density at radius 1 is 1.04 bits per heavy atom. The first-order chi connectivity index (χ1) is 11.4. The molecule has 0 aliphatic rings. The maximum Gasteiger partial charge on any atom is 0.349 e. The van der Waals surface area contributed by atoms with Crippen LogP contribution in [0.15, 0.2) is 57.7 Å². The number of aromatic carboxylic acids is 1. The summed E-state index contributed by atoms with van der Waals surface area (Å²) in [5, 5.41) is 14.1. The summed E-state index contributed by atoms with van der Waals surface area (Å²) in [6.45, 7) is 0. The predicted octanol–water partition coefficient (Wildman–Crippen LogP) is 2.06. The van der Waals surface area contributed by atoms with Gasteiger partial charge in [0.25, 0.3) is 5.91 Å². The molecule has 1 amide bonds. The third-order valence-electron chi connectivity index (χ3n) is 3.32. The molecule has 120 valence electrons. The van der Waals surface area contributed by atoms with E-state index in [1.165, 1.54) is 30.3 Å². The Kier molecular flexibility index (Phi) is 4.05. The molecule has 0 fully saturated rings. The number of rotatable bonds is 3. The van der Waals surface area contributed by atoms with Crippen LogP contribution in [0, 0.1) is 0 Å². The molecular weight excluding hydrogens is 334 g/mol. The van der Waals surface area contributed by atoms with Gasteiger partial charge in [-0.15, -0.1) is 0 Å². The number of anilines is 1. The second kappa shape index (κ2) is 6.17. The van der Waals surface area contributed by atoms with Crippen molar-refractivity contribution in [2.45, 2.75) is 0 Å². The van der Waals surface area contributed by atoms with Crippen molar-refractivity contribution in [2.75, 3.05) is 5.32 Å². The SMILES string of the molecule is O=C([O-])c1ccc(NC(=O)c2cc3cc(Cl)ccc3oc2=O)cc1. The topological polar surface area (TPSA) is 99.4 Å². The molecule has 1 heterocycles. The van der Waals surface area contributed by atoms with Crippen molar-refractivity contribution < 1.29 is 19.1 Å². The number of fused-ring (bicyclic) bond motifs is 1. The fraction of sp³-hybridized carbons (Fsp3) is 0. The van der Waals surface area contributed by atoms with Gasteiger partial charge in [0, 0.05) is 16.1 Å². The van der Waals surface area contributed by atoms with Gasteiger partial charge in [0.15, 0.2) is 0 Å². The molecule has 3 aromatic rings. The summed E-state index contributed by atoms with van der Waals surface area (Å²) in [4.78, 5) is 34.9. The third-order valence-corrected chi connectivity index (χ3v) is 3.55. The van der Waals surface area contributed by atoms with Crippen molar-refractivity contribution in [3.8, 4) is 0 Å². The van der Waals surface area contributed by atoms with Gasteiger partial charge in [-0.25, -0.2) is 4.79 Å². The number of halogens is 1. The molecule has 6 nitrogen and oxygen atoms in total. The number of hydrogen-bond donors (Lipinski definition) is 1. The van der Waals surface area contributed by atoms with E-state index in [2.05, 4.69) is 5.32 Å². The number of amides is 1. The van der Waals surface area contributed by atoms with E-state index in [0.717, 1.165) is 0 Å². The lowest BCUT2D eigenvalue weighted by atomic mass is 10.1. The zero-order valence-corrected chi connectivity index (χ0v) is 12.8. The van der Waals surface area contributed by atoms with Gasteiger partial charge < -0.3 is 19.6 Å². The molecule has 0 radical (unpaired) electrons. The zero-order chi connectivity index (χ0) is 17.3. The third kappa shape index (κ3) is 3.13. The van der Waals surface area contributed by atoms with Gasteiger partial charge in [0.2, 0.25) is 0 Å². The maximum atomic E-state index is 12.2. The van der Waals surface area contributed by atoms with Crippen LogP contribution < -0.4 is 16.0 Å². The van der Waals surface area contributed by atoms with E-state index in [-0.39, 0.29) is 11.1 Å². The van der Waals surface area contributed by atoms with Crippen molar-refractivity contribution >= 4 is 40.1 Å². The summed E-state index contributed by atoms with van der Waals surface area (Å²) in [6, 6.07) is 11.4. The molecule has 3 rings (SSSR count). The average Bonchev–Trinajstić information content (AvgIpc) is 2.55. The maximum absolute atomic E-state index is 12.2. The highest BCUT2D eigenvalue weighted by molar-refractivity contribution is 6.31. The minimum absolute atomic E-state index is 0.0205. The number of nitrogens with one attached hydrogen (secondary N) is 1. The molecular formula is C17H9ClNO5-. The van der Waals surface area contributed by atoms with Gasteiger partial charge in [0.1, 0.15) is 11.1 Å². The van der Waals surface area contributed by atoms with E-state index in [1.807, 2.05) is 0 Å². The van der Waals surface area contributed by atoms with Gasteiger partial charge in [-0.2, -0.15) is 0 Å². The van der Waals surface area contributed by atoms with Crippen molar-refractivity contribution in [3.05, 3.63) is 75.1 Å². The molecule has 0 unspecified atom stereocenters. The van der Waals surface area contributed by atoms with Crippen LogP contribution in [0.2, 0.25) is 5.02 Å². The molecule has 0 aliphatic carbocycles. The van der Waals surface area contributed by atoms with Crippen LogP contribution in [0.25, 0.3) is 11.0 Å². The number of benzene rings is 2. The zero-order valence-electron chi connectivity index (χ0n) is 12.0. The first-order valence-electron chi connectivity index (χ1n) is 6.80. The lowest BCUT2D eigenvalue weighted by Gasteiger charge is -2.07. The molecule has 0 aliphatic heterocycles. The fourth-order valence-electron chi connectivity index (χ4n) is 2.14. The average molecular weight is 343 g/mol. The smallest absolute Gasteiger partial charge is 0.349 e. The van der Waals surface area contributed by atoms with Crippen LogP contribution >= 0.6 is 11.6 Å². The summed E-state index contributed by atoms with van der Waals surface area (Å²) in [6.07, 6.45) is 0. The van der Waals surface area contributed by atoms with Crippen molar-refractivity contribution in [3.63, 3.8) is 0 Å². The van der Waals surface area contributed by atoms with E-state index in [0.29, 0.717) is 21.7 Å². The second-order valence-electron chi connectivity index (χ2n) is 4.95. The normalized spacial score (nSPS) is 10.5. The van der Waals surface area contributed by atoms with Crippen LogP contribution in [0.3, 0.4) is 0 Å². The lowest BCUT2D eigenvalue weighted by molar-refractivity contribution is -0.255. The Bertz CT molecular complexity index is 1010. The van der Waals surface area contributed by atoms with Gasteiger partial charge in [-0.05, 0) is 42.0 Å². The van der Waals surface area contributed by atoms with Crippen molar-refractivity contribution in [1.82, 2.24) is 0 Å². The summed E-state index contributed by atoms with van der Waals surface area (Å²) in [5.41, 5.74) is -0.342. The highest BCUT2D eigenvalue weighted by Crippen LogP contribution is 2.19. The number of hydrogen-bond acceptors (Lipinski definition) is 5.